The maximum Gasteiger partial charge on any atom is 0.269 e. The summed E-state index contributed by atoms with van der Waals surface area (Å²) in [6.45, 7) is 7.94. The van der Waals surface area contributed by atoms with Gasteiger partial charge in [-0.3, -0.25) is 4.79 Å². The largest absolute Gasteiger partial charge is 0.399 e. The quantitative estimate of drug-likeness (QED) is 0.833. The molecule has 0 saturated heterocycles. The Balaban J connectivity index is 2.30. The molecule has 2 rings (SSSR count). The highest BCUT2D eigenvalue weighted by atomic mass is 32.1. The Hall–Kier alpha value is -1.95. The van der Waals surface area contributed by atoms with Crippen molar-refractivity contribution in [1.29, 1.82) is 0 Å². The number of nitrogen functional groups attached to an aromatic ring is 1. The molecule has 1 aromatic heterocycles. The maximum absolute atomic E-state index is 12.4. The normalized spacial score (nSPS) is 11.4. The number of anilines is 2. The van der Waals surface area contributed by atoms with Gasteiger partial charge in [0.25, 0.3) is 5.91 Å². The van der Waals surface area contributed by atoms with E-state index in [2.05, 4.69) is 14.9 Å². The predicted octanol–water partition coefficient (Wildman–Crippen LogP) is 2.98. The summed E-state index contributed by atoms with van der Waals surface area (Å²) in [6.07, 6.45) is 0. The summed E-state index contributed by atoms with van der Waals surface area (Å²) in [5, 5.41) is 6.95. The van der Waals surface area contributed by atoms with Crippen molar-refractivity contribution in [2.75, 3.05) is 11.1 Å². The van der Waals surface area contributed by atoms with E-state index in [1.54, 1.807) is 12.1 Å². The maximum atomic E-state index is 12.4. The number of nitrogens with one attached hydrogen (secondary N) is 1. The molecule has 0 aliphatic heterocycles. The van der Waals surface area contributed by atoms with Crippen LogP contribution in [0, 0.1) is 6.92 Å². The molecule has 1 heterocycles. The van der Waals surface area contributed by atoms with Gasteiger partial charge in [-0.2, -0.15) is 0 Å². The lowest BCUT2D eigenvalue weighted by atomic mass is 9.91. The van der Waals surface area contributed by atoms with Gasteiger partial charge in [-0.05, 0) is 36.2 Å². The molecular weight excluding hydrogens is 272 g/mol. The molecule has 0 atom stereocenters. The van der Waals surface area contributed by atoms with Gasteiger partial charge in [0, 0.05) is 16.8 Å². The summed E-state index contributed by atoms with van der Waals surface area (Å²) in [6, 6.07) is 5.43. The van der Waals surface area contributed by atoms with Crippen molar-refractivity contribution in [2.24, 2.45) is 0 Å². The van der Waals surface area contributed by atoms with Gasteiger partial charge in [0.05, 0.1) is 5.69 Å². The SMILES string of the molecule is Cc1ccc(N)cc1NC(=O)c1snnc1C(C)(C)C. The second-order valence-corrected chi connectivity index (χ2v) is 6.48. The van der Waals surface area contributed by atoms with Crippen molar-refractivity contribution in [3.63, 3.8) is 0 Å². The topological polar surface area (TPSA) is 80.9 Å². The van der Waals surface area contributed by atoms with Crippen LogP contribution in [0.5, 0.6) is 0 Å². The summed E-state index contributed by atoms with van der Waals surface area (Å²) >= 11 is 1.11. The average Bonchev–Trinajstić information content (AvgIpc) is 2.82. The van der Waals surface area contributed by atoms with E-state index >= 15 is 0 Å². The van der Waals surface area contributed by atoms with Gasteiger partial charge in [-0.25, -0.2) is 0 Å². The molecule has 3 N–H and O–H groups in total. The van der Waals surface area contributed by atoms with Crippen molar-refractivity contribution in [1.82, 2.24) is 9.59 Å². The third-order valence-electron chi connectivity index (χ3n) is 2.91. The minimum absolute atomic E-state index is 0.196. The second-order valence-electron chi connectivity index (χ2n) is 5.73. The Morgan fingerprint density at radius 1 is 1.35 bits per heavy atom. The fourth-order valence-electron chi connectivity index (χ4n) is 1.78. The highest BCUT2D eigenvalue weighted by Gasteiger charge is 2.26. The van der Waals surface area contributed by atoms with Crippen LogP contribution < -0.4 is 11.1 Å². The Morgan fingerprint density at radius 3 is 2.70 bits per heavy atom. The lowest BCUT2D eigenvalue weighted by Gasteiger charge is -2.16. The highest BCUT2D eigenvalue weighted by molar-refractivity contribution is 7.08. The van der Waals surface area contributed by atoms with Crippen molar-refractivity contribution in [3.8, 4) is 0 Å². The van der Waals surface area contributed by atoms with Crippen LogP contribution in [0.1, 0.15) is 41.7 Å². The third kappa shape index (κ3) is 2.96. The van der Waals surface area contributed by atoms with Crippen molar-refractivity contribution in [3.05, 3.63) is 34.3 Å². The smallest absolute Gasteiger partial charge is 0.269 e. The van der Waals surface area contributed by atoms with E-state index in [1.165, 1.54) is 0 Å². The van der Waals surface area contributed by atoms with Crippen LogP contribution in [0.15, 0.2) is 18.2 Å². The molecule has 106 valence electrons. The summed E-state index contributed by atoms with van der Waals surface area (Å²) in [5.41, 5.74) is 8.53. The number of benzene rings is 1. The van der Waals surface area contributed by atoms with E-state index in [4.69, 9.17) is 5.73 Å². The van der Waals surface area contributed by atoms with Gasteiger partial charge in [0.15, 0.2) is 0 Å². The van der Waals surface area contributed by atoms with Crippen LogP contribution in [-0.4, -0.2) is 15.5 Å². The lowest BCUT2D eigenvalue weighted by molar-refractivity contribution is 0.102. The molecule has 0 aliphatic carbocycles. The van der Waals surface area contributed by atoms with Gasteiger partial charge in [0.1, 0.15) is 4.88 Å². The minimum Gasteiger partial charge on any atom is -0.399 e. The summed E-state index contributed by atoms with van der Waals surface area (Å²) in [7, 11) is 0. The zero-order valence-electron chi connectivity index (χ0n) is 12.0. The van der Waals surface area contributed by atoms with Crippen LogP contribution in [-0.2, 0) is 5.41 Å². The van der Waals surface area contributed by atoms with Crippen LogP contribution in [0.2, 0.25) is 0 Å². The Labute approximate surface area is 122 Å². The number of aryl methyl sites for hydroxylation is 1. The van der Waals surface area contributed by atoms with Gasteiger partial charge in [0.2, 0.25) is 0 Å². The molecule has 0 aliphatic rings. The number of nitrogens with two attached hydrogens (primary N) is 1. The second kappa shape index (κ2) is 5.20. The van der Waals surface area contributed by atoms with E-state index in [9.17, 15) is 4.79 Å². The molecule has 0 fully saturated rings. The first-order valence-corrected chi connectivity index (χ1v) is 7.06. The fraction of sp³-hybridized carbons (Fsp3) is 0.357. The number of nitrogens with zero attached hydrogens (tertiary/aromatic N) is 2. The van der Waals surface area contributed by atoms with Gasteiger partial charge in [-0.15, -0.1) is 5.10 Å². The molecule has 0 spiro atoms. The number of carbonyl (C=O) groups is 1. The van der Waals surface area contributed by atoms with E-state index in [1.807, 2.05) is 33.8 Å². The number of rotatable bonds is 2. The molecule has 6 heteroatoms. The Kier molecular flexibility index (Phi) is 3.76. The molecule has 5 nitrogen and oxygen atoms in total. The lowest BCUT2D eigenvalue weighted by Crippen LogP contribution is -2.20. The molecular formula is C14H18N4OS. The minimum atomic E-state index is -0.218. The van der Waals surface area contributed by atoms with Gasteiger partial charge in [-0.1, -0.05) is 31.3 Å². The third-order valence-corrected chi connectivity index (χ3v) is 3.64. The van der Waals surface area contributed by atoms with Crippen LogP contribution in [0.25, 0.3) is 0 Å². The number of amides is 1. The molecule has 2 aromatic rings. The van der Waals surface area contributed by atoms with Gasteiger partial charge < -0.3 is 11.1 Å². The van der Waals surface area contributed by atoms with Gasteiger partial charge >= 0.3 is 0 Å². The average molecular weight is 290 g/mol. The molecule has 1 aromatic carbocycles. The standard InChI is InChI=1S/C14H18N4OS/c1-8-5-6-9(15)7-10(8)16-13(19)11-12(14(2,3)4)17-18-20-11/h5-7H,15H2,1-4H3,(H,16,19). The van der Waals surface area contributed by atoms with Crippen LogP contribution >= 0.6 is 11.5 Å². The molecule has 0 bridgehead atoms. The highest BCUT2D eigenvalue weighted by Crippen LogP contribution is 2.27. The first kappa shape index (κ1) is 14.5. The van der Waals surface area contributed by atoms with Crippen molar-refractivity contribution < 1.29 is 4.79 Å². The monoisotopic (exact) mass is 290 g/mol. The number of hydrogen-bond donors (Lipinski definition) is 2. The van der Waals surface area contributed by atoms with E-state index < -0.39 is 0 Å². The van der Waals surface area contributed by atoms with Crippen LogP contribution in [0.3, 0.4) is 0 Å². The number of hydrogen-bond acceptors (Lipinski definition) is 5. The number of carbonyl (C=O) groups excluding carboxylic acids is 1. The van der Waals surface area contributed by atoms with Crippen molar-refractivity contribution in [2.45, 2.75) is 33.1 Å². The first-order chi connectivity index (χ1) is 9.29. The molecule has 20 heavy (non-hydrogen) atoms. The molecule has 1 amide bonds. The van der Waals surface area contributed by atoms with Crippen LogP contribution in [0.4, 0.5) is 11.4 Å². The Bertz CT molecular complexity index is 643. The zero-order valence-corrected chi connectivity index (χ0v) is 12.8. The van der Waals surface area contributed by atoms with E-state index in [-0.39, 0.29) is 11.3 Å². The first-order valence-electron chi connectivity index (χ1n) is 6.29. The molecule has 0 saturated carbocycles. The van der Waals surface area contributed by atoms with Crippen molar-refractivity contribution >= 4 is 28.8 Å². The zero-order chi connectivity index (χ0) is 14.9. The van der Waals surface area contributed by atoms with E-state index in [0.29, 0.717) is 21.9 Å². The molecule has 0 unspecified atom stereocenters. The molecule has 0 radical (unpaired) electrons. The predicted molar refractivity (Wildman–Crippen MR) is 82.2 cm³/mol. The van der Waals surface area contributed by atoms with E-state index in [0.717, 1.165) is 17.1 Å². The summed E-state index contributed by atoms with van der Waals surface area (Å²) in [5.74, 6) is -0.196. The Morgan fingerprint density at radius 2 is 2.05 bits per heavy atom. The summed E-state index contributed by atoms with van der Waals surface area (Å²) in [4.78, 5) is 12.9. The number of aromatic nitrogens is 2. The summed E-state index contributed by atoms with van der Waals surface area (Å²) < 4.78 is 3.90. The fourth-order valence-corrected chi connectivity index (χ4v) is 2.56.